The van der Waals surface area contributed by atoms with Crippen molar-refractivity contribution < 1.29 is 9.72 Å². The number of fused-ring (bicyclic) bond motifs is 1. The molecule has 114 valence electrons. The van der Waals surface area contributed by atoms with Crippen molar-refractivity contribution in [3.05, 3.63) is 81.4 Å². The minimum Gasteiger partial charge on any atom is -0.320 e. The molecule has 1 amide bonds. The zero-order valence-electron chi connectivity index (χ0n) is 11.8. The lowest BCUT2D eigenvalue weighted by Gasteiger charge is -2.09. The number of nitro benzene ring substituents is 1. The largest absolute Gasteiger partial charge is 0.320 e. The summed E-state index contributed by atoms with van der Waals surface area (Å²) in [5, 5.41) is 15.5. The van der Waals surface area contributed by atoms with Crippen molar-refractivity contribution >= 4 is 39.7 Å². The number of halogens is 1. The smallest absolute Gasteiger partial charge is 0.271 e. The molecule has 0 aliphatic rings. The van der Waals surface area contributed by atoms with Crippen molar-refractivity contribution in [3.8, 4) is 0 Å². The molecule has 0 fully saturated rings. The maximum Gasteiger partial charge on any atom is 0.271 e. The van der Waals surface area contributed by atoms with E-state index in [0.717, 1.165) is 10.8 Å². The number of nitrogens with one attached hydrogen (secondary N) is 1. The van der Waals surface area contributed by atoms with Gasteiger partial charge in [0.15, 0.2) is 0 Å². The highest BCUT2D eigenvalue weighted by Gasteiger charge is 2.14. The van der Waals surface area contributed by atoms with Gasteiger partial charge in [-0.2, -0.15) is 0 Å². The number of benzene rings is 3. The van der Waals surface area contributed by atoms with Gasteiger partial charge in [-0.05, 0) is 22.9 Å². The van der Waals surface area contributed by atoms with Crippen LogP contribution in [0.25, 0.3) is 10.8 Å². The Hall–Kier alpha value is -2.92. The summed E-state index contributed by atoms with van der Waals surface area (Å²) in [6, 6.07) is 16.8. The summed E-state index contributed by atoms with van der Waals surface area (Å²) in [7, 11) is 0. The molecule has 0 saturated heterocycles. The average Bonchev–Trinajstić information content (AvgIpc) is 2.56. The minimum atomic E-state index is -0.538. The normalized spacial score (nSPS) is 10.5. The molecule has 1 N–H and O–H groups in total. The lowest BCUT2D eigenvalue weighted by atomic mass is 10.0. The predicted molar refractivity (Wildman–Crippen MR) is 90.0 cm³/mol. The number of anilines is 1. The van der Waals surface area contributed by atoms with Crippen LogP contribution in [0.4, 0.5) is 11.4 Å². The molecule has 0 spiro atoms. The first-order valence-corrected chi connectivity index (χ1v) is 7.17. The second-order valence-corrected chi connectivity index (χ2v) is 5.31. The van der Waals surface area contributed by atoms with E-state index in [9.17, 15) is 14.9 Å². The molecule has 0 aliphatic heterocycles. The first kappa shape index (κ1) is 15.0. The molecule has 3 rings (SSSR count). The Morgan fingerprint density at radius 1 is 1.04 bits per heavy atom. The van der Waals surface area contributed by atoms with Gasteiger partial charge in [0.25, 0.3) is 11.6 Å². The van der Waals surface area contributed by atoms with Gasteiger partial charge in [0.2, 0.25) is 0 Å². The molecule has 3 aromatic carbocycles. The summed E-state index contributed by atoms with van der Waals surface area (Å²) in [5.74, 6) is -0.371. The van der Waals surface area contributed by atoms with E-state index in [1.807, 2.05) is 30.3 Å². The van der Waals surface area contributed by atoms with Gasteiger partial charge in [0.1, 0.15) is 0 Å². The fourth-order valence-electron chi connectivity index (χ4n) is 2.34. The van der Waals surface area contributed by atoms with Crippen LogP contribution < -0.4 is 5.32 Å². The average molecular weight is 327 g/mol. The monoisotopic (exact) mass is 326 g/mol. The number of nitrogens with zero attached hydrogens (tertiary/aromatic N) is 1. The number of nitro groups is 1. The Morgan fingerprint density at radius 2 is 1.78 bits per heavy atom. The summed E-state index contributed by atoms with van der Waals surface area (Å²) >= 11 is 6.01. The van der Waals surface area contributed by atoms with Crippen LogP contribution in [-0.2, 0) is 0 Å². The predicted octanol–water partition coefficient (Wildman–Crippen LogP) is 4.65. The van der Waals surface area contributed by atoms with Crippen molar-refractivity contribution in [1.29, 1.82) is 0 Å². The van der Waals surface area contributed by atoms with Crippen molar-refractivity contribution in [3.63, 3.8) is 0 Å². The van der Waals surface area contributed by atoms with Gasteiger partial charge in [-0.15, -0.1) is 0 Å². The molecular weight excluding hydrogens is 316 g/mol. The second kappa shape index (κ2) is 6.06. The zero-order valence-corrected chi connectivity index (χ0v) is 12.6. The van der Waals surface area contributed by atoms with E-state index in [1.165, 1.54) is 18.2 Å². The highest BCUT2D eigenvalue weighted by atomic mass is 35.5. The molecule has 0 unspecified atom stereocenters. The maximum absolute atomic E-state index is 12.5. The zero-order chi connectivity index (χ0) is 16.4. The summed E-state index contributed by atoms with van der Waals surface area (Å²) in [6.07, 6.45) is 0. The molecule has 0 aromatic heterocycles. The van der Waals surface area contributed by atoms with Crippen LogP contribution in [0, 0.1) is 10.1 Å². The lowest BCUT2D eigenvalue weighted by molar-refractivity contribution is -0.384. The van der Waals surface area contributed by atoms with E-state index < -0.39 is 4.92 Å². The molecule has 0 bridgehead atoms. The molecule has 23 heavy (non-hydrogen) atoms. The fraction of sp³-hybridized carbons (Fsp3) is 0. The Kier molecular flexibility index (Phi) is 3.95. The Balaban J connectivity index is 1.98. The first-order valence-electron chi connectivity index (χ1n) is 6.79. The highest BCUT2D eigenvalue weighted by Crippen LogP contribution is 2.28. The van der Waals surface area contributed by atoms with Crippen molar-refractivity contribution in [2.75, 3.05) is 5.32 Å². The number of non-ortho nitro benzene ring substituents is 1. The topological polar surface area (TPSA) is 72.2 Å². The van der Waals surface area contributed by atoms with Gasteiger partial charge in [0.05, 0.1) is 15.6 Å². The highest BCUT2D eigenvalue weighted by molar-refractivity contribution is 6.34. The van der Waals surface area contributed by atoms with Crippen molar-refractivity contribution in [2.45, 2.75) is 0 Å². The number of carbonyl (C=O) groups excluding carboxylic acids is 1. The lowest BCUT2D eigenvalue weighted by Crippen LogP contribution is -2.12. The molecule has 6 heteroatoms. The van der Waals surface area contributed by atoms with E-state index in [2.05, 4.69) is 5.32 Å². The van der Waals surface area contributed by atoms with Crippen LogP contribution in [0.5, 0.6) is 0 Å². The Bertz CT molecular complexity index is 919. The van der Waals surface area contributed by atoms with Crippen LogP contribution in [0.1, 0.15) is 10.4 Å². The first-order chi connectivity index (χ1) is 11.1. The van der Waals surface area contributed by atoms with E-state index >= 15 is 0 Å². The summed E-state index contributed by atoms with van der Waals surface area (Å²) < 4.78 is 0. The van der Waals surface area contributed by atoms with Gasteiger partial charge in [-0.25, -0.2) is 0 Å². The maximum atomic E-state index is 12.5. The molecular formula is C17H11ClN2O3. The molecule has 0 radical (unpaired) electrons. The van der Waals surface area contributed by atoms with Crippen LogP contribution in [0.15, 0.2) is 60.7 Å². The third-order valence-electron chi connectivity index (χ3n) is 3.44. The van der Waals surface area contributed by atoms with E-state index in [-0.39, 0.29) is 22.3 Å². The standard InChI is InChI=1S/C17H11ClN2O3/c18-15-9-8-12(20(22)23)10-16(15)19-17(21)14-7-3-5-11-4-1-2-6-13(11)14/h1-10H,(H,19,21). The summed E-state index contributed by atoms with van der Waals surface area (Å²) in [4.78, 5) is 22.8. The second-order valence-electron chi connectivity index (χ2n) is 4.90. The summed E-state index contributed by atoms with van der Waals surface area (Å²) in [6.45, 7) is 0. The minimum absolute atomic E-state index is 0.136. The third-order valence-corrected chi connectivity index (χ3v) is 3.77. The molecule has 0 saturated carbocycles. The number of hydrogen-bond acceptors (Lipinski definition) is 3. The number of carbonyl (C=O) groups is 1. The van der Waals surface area contributed by atoms with Crippen LogP contribution in [0.3, 0.4) is 0 Å². The quantitative estimate of drug-likeness (QED) is 0.562. The van der Waals surface area contributed by atoms with E-state index in [4.69, 9.17) is 11.6 Å². The van der Waals surface area contributed by atoms with Crippen LogP contribution in [-0.4, -0.2) is 10.8 Å². The fourth-order valence-corrected chi connectivity index (χ4v) is 2.50. The molecule has 0 atom stereocenters. The van der Waals surface area contributed by atoms with Gasteiger partial charge in [-0.3, -0.25) is 14.9 Å². The van der Waals surface area contributed by atoms with Gasteiger partial charge in [0, 0.05) is 17.7 Å². The molecule has 0 aliphatic carbocycles. The third kappa shape index (κ3) is 3.00. The SMILES string of the molecule is O=C(Nc1cc([N+](=O)[O-])ccc1Cl)c1cccc2ccccc12. The van der Waals surface area contributed by atoms with E-state index in [0.29, 0.717) is 5.56 Å². The number of rotatable bonds is 3. The Morgan fingerprint density at radius 3 is 2.57 bits per heavy atom. The number of hydrogen-bond donors (Lipinski definition) is 1. The Labute approximate surface area is 136 Å². The van der Waals surface area contributed by atoms with Crippen LogP contribution in [0.2, 0.25) is 5.02 Å². The van der Waals surface area contributed by atoms with E-state index in [1.54, 1.807) is 12.1 Å². The van der Waals surface area contributed by atoms with Gasteiger partial charge in [-0.1, -0.05) is 48.0 Å². The van der Waals surface area contributed by atoms with Crippen molar-refractivity contribution in [1.82, 2.24) is 0 Å². The molecule has 5 nitrogen and oxygen atoms in total. The molecule has 3 aromatic rings. The van der Waals surface area contributed by atoms with Gasteiger partial charge < -0.3 is 5.32 Å². The number of amides is 1. The van der Waals surface area contributed by atoms with Gasteiger partial charge >= 0.3 is 0 Å². The molecule has 0 heterocycles. The van der Waals surface area contributed by atoms with Crippen LogP contribution >= 0.6 is 11.6 Å². The van der Waals surface area contributed by atoms with Crippen molar-refractivity contribution in [2.24, 2.45) is 0 Å². The summed E-state index contributed by atoms with van der Waals surface area (Å²) in [5.41, 5.74) is 0.548.